The molecule has 0 amide bonds. The van der Waals surface area contributed by atoms with Crippen molar-refractivity contribution in [3.05, 3.63) is 77.6 Å². The van der Waals surface area contributed by atoms with E-state index in [1.807, 2.05) is 54.0 Å². The Hall–Kier alpha value is -2.83. The van der Waals surface area contributed by atoms with Crippen LogP contribution in [0, 0.1) is 6.92 Å². The van der Waals surface area contributed by atoms with Gasteiger partial charge >= 0.3 is 0 Å². The molecular formula is C21H17ClN2O3S. The highest BCUT2D eigenvalue weighted by molar-refractivity contribution is 7.90. The first-order valence-electron chi connectivity index (χ1n) is 8.55. The number of imidazole rings is 1. The minimum atomic E-state index is -3.30. The van der Waals surface area contributed by atoms with Crippen LogP contribution in [0.1, 0.15) is 5.82 Å². The highest BCUT2D eigenvalue weighted by Gasteiger charge is 2.13. The first kappa shape index (κ1) is 18.5. The molecule has 0 aliphatic carbocycles. The van der Waals surface area contributed by atoms with Crippen LogP contribution in [0.4, 0.5) is 0 Å². The smallest absolute Gasteiger partial charge is 0.175 e. The highest BCUT2D eigenvalue weighted by Crippen LogP contribution is 2.30. The second-order valence-electron chi connectivity index (χ2n) is 6.45. The molecule has 3 aromatic carbocycles. The number of fused-ring (bicyclic) bond motifs is 1. The maximum atomic E-state index is 11.8. The maximum absolute atomic E-state index is 11.8. The maximum Gasteiger partial charge on any atom is 0.175 e. The molecule has 0 aliphatic rings. The number of ether oxygens (including phenoxy) is 1. The van der Waals surface area contributed by atoms with E-state index in [1.165, 1.54) is 12.3 Å². The third kappa shape index (κ3) is 3.48. The molecule has 142 valence electrons. The highest BCUT2D eigenvalue weighted by atomic mass is 35.5. The van der Waals surface area contributed by atoms with Gasteiger partial charge in [-0.1, -0.05) is 29.8 Å². The first-order chi connectivity index (χ1) is 13.3. The first-order valence-corrected chi connectivity index (χ1v) is 10.8. The molecule has 0 aliphatic heterocycles. The van der Waals surface area contributed by atoms with E-state index in [1.54, 1.807) is 18.2 Å². The second kappa shape index (κ2) is 6.96. The van der Waals surface area contributed by atoms with Crippen LogP contribution < -0.4 is 4.74 Å². The molecule has 0 N–H and O–H groups in total. The summed E-state index contributed by atoms with van der Waals surface area (Å²) in [5.74, 6) is 1.85. The van der Waals surface area contributed by atoms with Crippen LogP contribution >= 0.6 is 11.6 Å². The average molecular weight is 413 g/mol. The number of benzene rings is 3. The van der Waals surface area contributed by atoms with E-state index in [9.17, 15) is 8.42 Å². The Morgan fingerprint density at radius 1 is 0.964 bits per heavy atom. The van der Waals surface area contributed by atoms with E-state index in [0.717, 1.165) is 22.5 Å². The minimum absolute atomic E-state index is 0.215. The predicted molar refractivity (Wildman–Crippen MR) is 110 cm³/mol. The number of aromatic nitrogens is 2. The topological polar surface area (TPSA) is 61.2 Å². The van der Waals surface area contributed by atoms with Gasteiger partial charge in [0.25, 0.3) is 0 Å². The van der Waals surface area contributed by atoms with Gasteiger partial charge in [0.2, 0.25) is 0 Å². The summed E-state index contributed by atoms with van der Waals surface area (Å²) < 4.78 is 31.4. The molecule has 0 radical (unpaired) electrons. The standard InChI is InChI=1S/C21H17ClN2O3S/c1-14-23-21-19(22)10-5-11-20(21)24(14)15-6-3-7-16(12-15)27-17-8-4-9-18(13-17)28(2,25)26/h3-13H,1-2H3. The monoisotopic (exact) mass is 412 g/mol. The van der Waals surface area contributed by atoms with Gasteiger partial charge in [-0.05, 0) is 49.4 Å². The van der Waals surface area contributed by atoms with E-state index in [-0.39, 0.29) is 4.90 Å². The molecule has 0 saturated carbocycles. The Balaban J connectivity index is 1.74. The van der Waals surface area contributed by atoms with Crippen molar-refractivity contribution < 1.29 is 13.2 Å². The largest absolute Gasteiger partial charge is 0.457 e. The van der Waals surface area contributed by atoms with Gasteiger partial charge in [0.1, 0.15) is 22.8 Å². The van der Waals surface area contributed by atoms with Crippen molar-refractivity contribution in [1.29, 1.82) is 0 Å². The summed E-state index contributed by atoms with van der Waals surface area (Å²) in [7, 11) is -3.30. The quantitative estimate of drug-likeness (QED) is 0.463. The Bertz CT molecular complexity index is 1300. The fourth-order valence-corrected chi connectivity index (χ4v) is 3.97. The van der Waals surface area contributed by atoms with Crippen LogP contribution in [0.2, 0.25) is 5.02 Å². The number of hydrogen-bond donors (Lipinski definition) is 0. The van der Waals surface area contributed by atoms with Crippen LogP contribution in [0.3, 0.4) is 0 Å². The van der Waals surface area contributed by atoms with Crippen molar-refractivity contribution in [1.82, 2.24) is 9.55 Å². The van der Waals surface area contributed by atoms with E-state index >= 15 is 0 Å². The van der Waals surface area contributed by atoms with Crippen molar-refractivity contribution in [3.8, 4) is 17.2 Å². The van der Waals surface area contributed by atoms with Gasteiger partial charge in [-0.15, -0.1) is 0 Å². The van der Waals surface area contributed by atoms with Crippen molar-refractivity contribution in [2.75, 3.05) is 6.26 Å². The van der Waals surface area contributed by atoms with Crippen LogP contribution in [-0.4, -0.2) is 24.2 Å². The fourth-order valence-electron chi connectivity index (χ4n) is 3.10. The predicted octanol–water partition coefficient (Wildman–Crippen LogP) is 5.18. The average Bonchev–Trinajstić information content (AvgIpc) is 2.99. The normalized spacial score (nSPS) is 11.7. The van der Waals surface area contributed by atoms with Crippen molar-refractivity contribution in [3.63, 3.8) is 0 Å². The summed E-state index contributed by atoms with van der Waals surface area (Å²) in [4.78, 5) is 4.78. The summed E-state index contributed by atoms with van der Waals surface area (Å²) in [6.07, 6.45) is 1.17. The summed E-state index contributed by atoms with van der Waals surface area (Å²) in [6, 6.07) is 19.6. The van der Waals surface area contributed by atoms with Crippen LogP contribution in [0.15, 0.2) is 71.6 Å². The van der Waals surface area contributed by atoms with E-state index < -0.39 is 9.84 Å². The number of sulfone groups is 1. The van der Waals surface area contributed by atoms with Gasteiger partial charge in [0, 0.05) is 12.3 Å². The fraction of sp³-hybridized carbons (Fsp3) is 0.0952. The third-order valence-electron chi connectivity index (χ3n) is 4.35. The van der Waals surface area contributed by atoms with Gasteiger partial charge in [-0.2, -0.15) is 0 Å². The molecule has 7 heteroatoms. The van der Waals surface area contributed by atoms with Gasteiger partial charge < -0.3 is 4.74 Å². The molecule has 5 nitrogen and oxygen atoms in total. The van der Waals surface area contributed by atoms with Crippen molar-refractivity contribution in [2.45, 2.75) is 11.8 Å². The summed E-state index contributed by atoms with van der Waals surface area (Å²) in [6.45, 7) is 1.92. The molecule has 0 saturated heterocycles. The molecule has 4 aromatic rings. The SMILES string of the molecule is Cc1nc2c(Cl)cccc2n1-c1cccc(Oc2cccc(S(C)(=O)=O)c2)c1. The molecular weight excluding hydrogens is 396 g/mol. The molecule has 0 atom stereocenters. The van der Waals surface area contributed by atoms with E-state index in [4.69, 9.17) is 16.3 Å². The number of halogens is 1. The lowest BCUT2D eigenvalue weighted by molar-refractivity contribution is 0.480. The second-order valence-corrected chi connectivity index (χ2v) is 8.87. The molecule has 28 heavy (non-hydrogen) atoms. The zero-order valence-corrected chi connectivity index (χ0v) is 16.8. The van der Waals surface area contributed by atoms with E-state index in [2.05, 4.69) is 4.98 Å². The number of para-hydroxylation sites is 1. The van der Waals surface area contributed by atoms with E-state index in [0.29, 0.717) is 16.5 Å². The lowest BCUT2D eigenvalue weighted by Gasteiger charge is -2.11. The number of aryl methyl sites for hydroxylation is 1. The molecule has 0 bridgehead atoms. The lowest BCUT2D eigenvalue weighted by atomic mass is 10.2. The molecule has 0 fully saturated rings. The van der Waals surface area contributed by atoms with Crippen LogP contribution in [0.5, 0.6) is 11.5 Å². The van der Waals surface area contributed by atoms with Gasteiger partial charge in [0.05, 0.1) is 21.1 Å². The van der Waals surface area contributed by atoms with Crippen molar-refractivity contribution >= 4 is 32.5 Å². The van der Waals surface area contributed by atoms with Gasteiger partial charge in [0.15, 0.2) is 9.84 Å². The zero-order chi connectivity index (χ0) is 19.9. The Labute approximate surface area is 168 Å². The van der Waals surface area contributed by atoms with Gasteiger partial charge in [-0.3, -0.25) is 4.57 Å². The van der Waals surface area contributed by atoms with Gasteiger partial charge in [-0.25, -0.2) is 13.4 Å². The molecule has 0 unspecified atom stereocenters. The summed E-state index contributed by atoms with van der Waals surface area (Å²) in [5.41, 5.74) is 2.52. The minimum Gasteiger partial charge on any atom is -0.457 e. The Morgan fingerprint density at radius 2 is 1.64 bits per heavy atom. The third-order valence-corrected chi connectivity index (χ3v) is 5.76. The zero-order valence-electron chi connectivity index (χ0n) is 15.3. The molecule has 1 aromatic heterocycles. The van der Waals surface area contributed by atoms with Crippen LogP contribution in [-0.2, 0) is 9.84 Å². The number of rotatable bonds is 4. The van der Waals surface area contributed by atoms with Crippen molar-refractivity contribution in [2.24, 2.45) is 0 Å². The summed E-state index contributed by atoms with van der Waals surface area (Å²) >= 11 is 6.27. The summed E-state index contributed by atoms with van der Waals surface area (Å²) in [5, 5.41) is 0.601. The molecule has 1 heterocycles. The number of nitrogens with zero attached hydrogens (tertiary/aromatic N) is 2. The molecule has 4 rings (SSSR count). The Morgan fingerprint density at radius 3 is 2.39 bits per heavy atom. The Kier molecular flexibility index (Phi) is 4.61. The lowest BCUT2D eigenvalue weighted by Crippen LogP contribution is -1.98. The molecule has 0 spiro atoms. The number of hydrogen-bond acceptors (Lipinski definition) is 4. The van der Waals surface area contributed by atoms with Crippen LogP contribution in [0.25, 0.3) is 16.7 Å².